The van der Waals surface area contributed by atoms with E-state index in [2.05, 4.69) is 11.1 Å². The molecule has 0 aliphatic carbocycles. The number of carboxylic acid groups (broad SMARTS) is 1. The third-order valence-electron chi connectivity index (χ3n) is 3.07. The van der Waals surface area contributed by atoms with E-state index < -0.39 is 6.09 Å². The predicted octanol–water partition coefficient (Wildman–Crippen LogP) is 1.98. The lowest BCUT2D eigenvalue weighted by Crippen LogP contribution is -2.59. The van der Waals surface area contributed by atoms with Crippen LogP contribution in [0.3, 0.4) is 0 Å². The third-order valence-corrected chi connectivity index (χ3v) is 3.07. The Balaban J connectivity index is 2.30. The summed E-state index contributed by atoms with van der Waals surface area (Å²) in [6.07, 6.45) is -1.04. The monoisotopic (exact) mass is 257 g/mol. The summed E-state index contributed by atoms with van der Waals surface area (Å²) in [6, 6.07) is 18.7. The minimum Gasteiger partial charge on any atom is -0.465 e. The van der Waals surface area contributed by atoms with E-state index in [9.17, 15) is 4.79 Å². The number of nitrogens with one attached hydrogen (secondary N) is 1. The highest BCUT2D eigenvalue weighted by molar-refractivity contribution is 5.65. The topological polar surface area (TPSA) is 77.0 Å². The summed E-state index contributed by atoms with van der Waals surface area (Å²) in [5.41, 5.74) is 6.03. The molecule has 0 aliphatic rings. The lowest BCUT2D eigenvalue weighted by Gasteiger charge is -2.21. The molecule has 2 unspecified atom stereocenters. The normalized spacial score (nSPS) is 13.5. The van der Waals surface area contributed by atoms with Gasteiger partial charge in [-0.2, -0.15) is 0 Å². The van der Waals surface area contributed by atoms with Gasteiger partial charge in [0.1, 0.15) is 12.1 Å². The van der Waals surface area contributed by atoms with E-state index in [1.165, 1.54) is 0 Å². The largest absolute Gasteiger partial charge is 0.465 e. The molecule has 2 aromatic carbocycles. The summed E-state index contributed by atoms with van der Waals surface area (Å²) in [7, 11) is 0. The fraction of sp³-hybridized carbons (Fsp3) is 0.133. The zero-order valence-corrected chi connectivity index (χ0v) is 10.5. The van der Waals surface area contributed by atoms with Gasteiger partial charge in [0.2, 0.25) is 0 Å². The number of benzene rings is 2. The molecule has 0 fully saturated rings. The molecule has 0 radical (unpaired) electrons. The Kier molecular flexibility index (Phi) is 4.15. The van der Waals surface area contributed by atoms with Crippen molar-refractivity contribution >= 4 is 6.09 Å². The van der Waals surface area contributed by atoms with Gasteiger partial charge in [0, 0.05) is 5.56 Å². The fourth-order valence-electron chi connectivity index (χ4n) is 2.10. The lowest BCUT2D eigenvalue weighted by molar-refractivity contribution is -0.434. The second-order valence-corrected chi connectivity index (χ2v) is 4.36. The number of quaternary nitrogens is 1. The molecule has 0 heterocycles. The number of rotatable bonds is 4. The van der Waals surface area contributed by atoms with Crippen LogP contribution in [0, 0.1) is 0 Å². The maximum absolute atomic E-state index is 11.0. The van der Waals surface area contributed by atoms with Crippen LogP contribution in [0.2, 0.25) is 0 Å². The number of carbonyl (C=O) groups is 1. The van der Waals surface area contributed by atoms with E-state index in [0.29, 0.717) is 0 Å². The van der Waals surface area contributed by atoms with Crippen molar-refractivity contribution in [3.05, 3.63) is 71.8 Å². The highest BCUT2D eigenvalue weighted by Crippen LogP contribution is 2.25. The zero-order chi connectivity index (χ0) is 13.7. The number of hydrogen-bond acceptors (Lipinski definition) is 1. The molecular formula is C15H17N2O2+. The van der Waals surface area contributed by atoms with Crippen molar-refractivity contribution < 1.29 is 15.6 Å². The highest BCUT2D eigenvalue weighted by atomic mass is 16.4. The number of amides is 1. The van der Waals surface area contributed by atoms with Gasteiger partial charge in [0.25, 0.3) is 0 Å². The van der Waals surface area contributed by atoms with Crippen LogP contribution < -0.4 is 11.1 Å². The van der Waals surface area contributed by atoms with Gasteiger partial charge in [-0.25, -0.2) is 4.79 Å². The Labute approximate surface area is 111 Å². The first-order chi connectivity index (χ1) is 9.18. The minimum atomic E-state index is -1.04. The fourth-order valence-corrected chi connectivity index (χ4v) is 2.10. The molecule has 0 spiro atoms. The Bertz CT molecular complexity index is 528. The van der Waals surface area contributed by atoms with Crippen LogP contribution in [0.4, 0.5) is 4.79 Å². The Morgan fingerprint density at radius 2 is 1.42 bits per heavy atom. The van der Waals surface area contributed by atoms with Gasteiger partial charge < -0.3 is 16.2 Å². The average molecular weight is 257 g/mol. The summed E-state index contributed by atoms with van der Waals surface area (Å²) < 4.78 is 0. The highest BCUT2D eigenvalue weighted by Gasteiger charge is 2.25. The van der Waals surface area contributed by atoms with Gasteiger partial charge in [-0.1, -0.05) is 60.7 Å². The summed E-state index contributed by atoms with van der Waals surface area (Å²) in [5.74, 6) is 0. The summed E-state index contributed by atoms with van der Waals surface area (Å²) >= 11 is 0. The maximum Gasteiger partial charge on any atom is 0.405 e. The van der Waals surface area contributed by atoms with Crippen molar-refractivity contribution in [3.8, 4) is 0 Å². The second kappa shape index (κ2) is 6.02. The molecule has 0 aromatic heterocycles. The molecule has 0 saturated carbocycles. The molecule has 0 saturated heterocycles. The van der Waals surface area contributed by atoms with Crippen molar-refractivity contribution in [2.45, 2.75) is 12.1 Å². The van der Waals surface area contributed by atoms with Gasteiger partial charge in [-0.3, -0.25) is 0 Å². The van der Waals surface area contributed by atoms with Crippen molar-refractivity contribution in [1.82, 2.24) is 5.32 Å². The smallest absolute Gasteiger partial charge is 0.405 e. The molecule has 2 rings (SSSR count). The average Bonchev–Trinajstić information content (AvgIpc) is 2.46. The van der Waals surface area contributed by atoms with Gasteiger partial charge in [-0.15, -0.1) is 0 Å². The van der Waals surface area contributed by atoms with E-state index in [1.807, 2.05) is 60.7 Å². The molecule has 5 N–H and O–H groups in total. The van der Waals surface area contributed by atoms with E-state index in [-0.39, 0.29) is 12.1 Å². The van der Waals surface area contributed by atoms with Crippen molar-refractivity contribution in [3.63, 3.8) is 0 Å². The maximum atomic E-state index is 11.0. The number of hydrogen-bond donors (Lipinski definition) is 3. The van der Waals surface area contributed by atoms with E-state index in [4.69, 9.17) is 5.11 Å². The van der Waals surface area contributed by atoms with Gasteiger partial charge in [-0.05, 0) is 5.56 Å². The molecule has 0 bridgehead atoms. The quantitative estimate of drug-likeness (QED) is 0.783. The molecule has 4 nitrogen and oxygen atoms in total. The zero-order valence-electron chi connectivity index (χ0n) is 10.5. The van der Waals surface area contributed by atoms with E-state index >= 15 is 0 Å². The SMILES string of the molecule is [NH3+]C(c1ccccc1)C(NC(=O)O)c1ccccc1. The molecule has 19 heavy (non-hydrogen) atoms. The molecule has 98 valence electrons. The first kappa shape index (κ1) is 13.1. The molecule has 4 heteroatoms. The molecule has 0 aliphatic heterocycles. The van der Waals surface area contributed by atoms with Crippen LogP contribution in [0.15, 0.2) is 60.7 Å². The Morgan fingerprint density at radius 3 is 1.89 bits per heavy atom. The van der Waals surface area contributed by atoms with Crippen LogP contribution in [0.1, 0.15) is 23.2 Å². The van der Waals surface area contributed by atoms with Crippen molar-refractivity contribution in [1.29, 1.82) is 0 Å². The van der Waals surface area contributed by atoms with Crippen LogP contribution in [0.25, 0.3) is 0 Å². The minimum absolute atomic E-state index is 0.181. The molecule has 2 atom stereocenters. The van der Waals surface area contributed by atoms with Gasteiger partial charge >= 0.3 is 6.09 Å². The van der Waals surface area contributed by atoms with Crippen molar-refractivity contribution in [2.75, 3.05) is 0 Å². The summed E-state index contributed by atoms with van der Waals surface area (Å²) in [5, 5.41) is 11.6. The summed E-state index contributed by atoms with van der Waals surface area (Å²) in [6.45, 7) is 0. The molecular weight excluding hydrogens is 240 g/mol. The van der Waals surface area contributed by atoms with E-state index in [0.717, 1.165) is 11.1 Å². The molecule has 2 aromatic rings. The van der Waals surface area contributed by atoms with E-state index in [1.54, 1.807) is 0 Å². The molecule has 1 amide bonds. The predicted molar refractivity (Wildman–Crippen MR) is 72.4 cm³/mol. The van der Waals surface area contributed by atoms with Gasteiger partial charge in [0.05, 0.1) is 0 Å². The van der Waals surface area contributed by atoms with Crippen LogP contribution >= 0.6 is 0 Å². The van der Waals surface area contributed by atoms with Gasteiger partial charge in [0.15, 0.2) is 0 Å². The first-order valence-electron chi connectivity index (χ1n) is 6.11. The Morgan fingerprint density at radius 1 is 0.947 bits per heavy atom. The summed E-state index contributed by atoms with van der Waals surface area (Å²) in [4.78, 5) is 11.0. The lowest BCUT2D eigenvalue weighted by atomic mass is 9.94. The van der Waals surface area contributed by atoms with Crippen LogP contribution in [-0.4, -0.2) is 11.2 Å². The van der Waals surface area contributed by atoms with Crippen LogP contribution in [-0.2, 0) is 0 Å². The van der Waals surface area contributed by atoms with Crippen LogP contribution in [0.5, 0.6) is 0 Å². The second-order valence-electron chi connectivity index (χ2n) is 4.36. The standard InChI is InChI=1S/C15H16N2O2/c16-13(11-7-3-1-4-8-11)14(17-15(18)19)12-9-5-2-6-10-12/h1-10,13-14,17H,16H2,(H,18,19)/p+1. The Hall–Kier alpha value is -2.33. The third kappa shape index (κ3) is 3.33. The van der Waals surface area contributed by atoms with Crippen molar-refractivity contribution in [2.24, 2.45) is 0 Å². The first-order valence-corrected chi connectivity index (χ1v) is 6.11.